The summed E-state index contributed by atoms with van der Waals surface area (Å²) in [7, 11) is 0. The molecular formula is C18H18ClNO. The second-order valence-electron chi connectivity index (χ2n) is 5.59. The first kappa shape index (κ1) is 14.2. The van der Waals surface area contributed by atoms with Gasteiger partial charge in [0.1, 0.15) is 0 Å². The lowest BCUT2D eigenvalue weighted by molar-refractivity contribution is -0.117. The van der Waals surface area contributed by atoms with Crippen molar-refractivity contribution in [2.75, 3.05) is 5.32 Å². The van der Waals surface area contributed by atoms with Gasteiger partial charge in [-0.1, -0.05) is 41.9 Å². The van der Waals surface area contributed by atoms with Gasteiger partial charge in [-0.15, -0.1) is 0 Å². The highest BCUT2D eigenvalue weighted by molar-refractivity contribution is 6.31. The minimum absolute atomic E-state index is 0.0617. The molecule has 0 saturated carbocycles. The minimum Gasteiger partial charge on any atom is -0.325 e. The highest BCUT2D eigenvalue weighted by Crippen LogP contribution is 2.33. The quantitative estimate of drug-likeness (QED) is 0.855. The Bertz CT molecular complexity index is 681. The molecule has 0 saturated heterocycles. The molecule has 1 atom stereocenters. The summed E-state index contributed by atoms with van der Waals surface area (Å²) in [6.07, 6.45) is 3.03. The van der Waals surface area contributed by atoms with Crippen molar-refractivity contribution in [2.24, 2.45) is 0 Å². The summed E-state index contributed by atoms with van der Waals surface area (Å²) in [5.74, 6) is 0.000785. The Morgan fingerprint density at radius 3 is 2.90 bits per heavy atom. The van der Waals surface area contributed by atoms with E-state index in [1.807, 2.05) is 37.3 Å². The molecule has 3 heteroatoms. The van der Waals surface area contributed by atoms with Crippen molar-refractivity contribution in [3.63, 3.8) is 0 Å². The molecule has 2 aromatic rings. The zero-order chi connectivity index (χ0) is 14.8. The van der Waals surface area contributed by atoms with Gasteiger partial charge in [0.2, 0.25) is 5.91 Å². The largest absolute Gasteiger partial charge is 0.325 e. The molecule has 21 heavy (non-hydrogen) atoms. The summed E-state index contributed by atoms with van der Waals surface area (Å²) in [4.78, 5) is 12.6. The number of anilines is 1. The van der Waals surface area contributed by atoms with E-state index in [1.54, 1.807) is 0 Å². The van der Waals surface area contributed by atoms with E-state index in [0.717, 1.165) is 30.5 Å². The van der Waals surface area contributed by atoms with Crippen LogP contribution in [0.25, 0.3) is 0 Å². The van der Waals surface area contributed by atoms with E-state index in [4.69, 9.17) is 11.6 Å². The van der Waals surface area contributed by atoms with Gasteiger partial charge in [0.15, 0.2) is 0 Å². The monoisotopic (exact) mass is 299 g/mol. The van der Waals surface area contributed by atoms with Gasteiger partial charge in [0, 0.05) is 10.7 Å². The molecule has 1 amide bonds. The Morgan fingerprint density at radius 1 is 1.24 bits per heavy atom. The average Bonchev–Trinajstić information content (AvgIpc) is 2.50. The van der Waals surface area contributed by atoms with E-state index in [9.17, 15) is 4.79 Å². The summed E-state index contributed by atoms with van der Waals surface area (Å²) < 4.78 is 0. The minimum atomic E-state index is -0.0617. The maximum Gasteiger partial charge on any atom is 0.231 e. The van der Waals surface area contributed by atoms with Crippen LogP contribution in [-0.2, 0) is 11.2 Å². The third kappa shape index (κ3) is 2.96. The number of rotatable bonds is 2. The van der Waals surface area contributed by atoms with Gasteiger partial charge in [-0.3, -0.25) is 4.79 Å². The molecule has 2 nitrogen and oxygen atoms in total. The molecule has 0 spiro atoms. The molecule has 3 rings (SSSR count). The predicted molar refractivity (Wildman–Crippen MR) is 86.9 cm³/mol. The van der Waals surface area contributed by atoms with Gasteiger partial charge in [-0.25, -0.2) is 0 Å². The Balaban J connectivity index is 1.85. The normalized spacial score (nSPS) is 17.1. The number of nitrogens with one attached hydrogen (secondary N) is 1. The topological polar surface area (TPSA) is 29.1 Å². The molecule has 1 unspecified atom stereocenters. The molecule has 0 aromatic heterocycles. The maximum absolute atomic E-state index is 12.6. The fourth-order valence-electron chi connectivity index (χ4n) is 2.98. The van der Waals surface area contributed by atoms with Crippen LogP contribution in [-0.4, -0.2) is 5.91 Å². The van der Waals surface area contributed by atoms with E-state index < -0.39 is 0 Å². The summed E-state index contributed by atoms with van der Waals surface area (Å²) in [6, 6.07) is 13.8. The van der Waals surface area contributed by atoms with Crippen molar-refractivity contribution in [3.8, 4) is 0 Å². The van der Waals surface area contributed by atoms with Crippen LogP contribution >= 0.6 is 11.6 Å². The first-order valence-corrected chi connectivity index (χ1v) is 7.68. The Labute approximate surface area is 130 Å². The van der Waals surface area contributed by atoms with Crippen molar-refractivity contribution in [3.05, 3.63) is 64.2 Å². The Kier molecular flexibility index (Phi) is 3.98. The van der Waals surface area contributed by atoms with Crippen molar-refractivity contribution in [1.82, 2.24) is 0 Å². The maximum atomic E-state index is 12.6. The zero-order valence-corrected chi connectivity index (χ0v) is 12.8. The van der Waals surface area contributed by atoms with Crippen molar-refractivity contribution in [2.45, 2.75) is 32.1 Å². The molecular weight excluding hydrogens is 282 g/mol. The number of amides is 1. The van der Waals surface area contributed by atoms with Crippen LogP contribution in [0.15, 0.2) is 42.5 Å². The summed E-state index contributed by atoms with van der Waals surface area (Å²) in [6.45, 7) is 1.97. The summed E-state index contributed by atoms with van der Waals surface area (Å²) in [5.41, 5.74) is 4.29. The Morgan fingerprint density at radius 2 is 2.05 bits per heavy atom. The van der Waals surface area contributed by atoms with Crippen LogP contribution in [0.4, 0.5) is 5.69 Å². The second kappa shape index (κ2) is 5.90. The lowest BCUT2D eigenvalue weighted by Gasteiger charge is -2.25. The lowest BCUT2D eigenvalue weighted by Crippen LogP contribution is -2.25. The van der Waals surface area contributed by atoms with E-state index >= 15 is 0 Å². The van der Waals surface area contributed by atoms with E-state index in [2.05, 4.69) is 17.4 Å². The SMILES string of the molecule is Cc1ccc(Cl)cc1NC(=O)C1CCCc2ccccc21. The van der Waals surface area contributed by atoms with Crippen LogP contribution in [0, 0.1) is 6.92 Å². The molecule has 108 valence electrons. The van der Waals surface area contributed by atoms with Crippen molar-refractivity contribution < 1.29 is 4.79 Å². The van der Waals surface area contributed by atoms with Crippen molar-refractivity contribution in [1.29, 1.82) is 0 Å². The van der Waals surface area contributed by atoms with Crippen LogP contribution in [0.5, 0.6) is 0 Å². The molecule has 0 heterocycles. The van der Waals surface area contributed by atoms with Gasteiger partial charge >= 0.3 is 0 Å². The third-order valence-electron chi connectivity index (χ3n) is 4.14. The molecule has 1 N–H and O–H groups in total. The standard InChI is InChI=1S/C18H18ClNO/c1-12-9-10-14(19)11-17(12)20-18(21)16-8-4-6-13-5-2-3-7-15(13)16/h2-3,5,7,9-11,16H,4,6,8H2,1H3,(H,20,21). The molecule has 0 aliphatic heterocycles. The first-order chi connectivity index (χ1) is 10.1. The molecule has 0 fully saturated rings. The summed E-state index contributed by atoms with van der Waals surface area (Å²) >= 11 is 6.02. The number of aryl methyl sites for hydroxylation is 2. The smallest absolute Gasteiger partial charge is 0.231 e. The van der Waals surface area contributed by atoms with Gasteiger partial charge < -0.3 is 5.32 Å². The number of benzene rings is 2. The second-order valence-corrected chi connectivity index (χ2v) is 6.03. The number of hydrogen-bond acceptors (Lipinski definition) is 1. The predicted octanol–water partition coefficient (Wildman–Crippen LogP) is 4.71. The highest BCUT2D eigenvalue weighted by Gasteiger charge is 2.26. The van der Waals surface area contributed by atoms with Gasteiger partial charge in [0.05, 0.1) is 5.92 Å². The van der Waals surface area contributed by atoms with Crippen LogP contribution < -0.4 is 5.32 Å². The van der Waals surface area contributed by atoms with E-state index in [-0.39, 0.29) is 11.8 Å². The molecule has 1 aliphatic rings. The number of hydrogen-bond donors (Lipinski definition) is 1. The van der Waals surface area contributed by atoms with Gasteiger partial charge in [-0.2, -0.15) is 0 Å². The van der Waals surface area contributed by atoms with Crippen LogP contribution in [0.1, 0.15) is 35.4 Å². The number of carbonyl (C=O) groups excluding carboxylic acids is 1. The van der Waals surface area contributed by atoms with E-state index in [0.29, 0.717) is 5.02 Å². The van der Waals surface area contributed by atoms with Crippen LogP contribution in [0.3, 0.4) is 0 Å². The molecule has 2 aromatic carbocycles. The first-order valence-electron chi connectivity index (χ1n) is 7.30. The van der Waals surface area contributed by atoms with Crippen molar-refractivity contribution >= 4 is 23.2 Å². The number of fused-ring (bicyclic) bond motifs is 1. The average molecular weight is 300 g/mol. The third-order valence-corrected chi connectivity index (χ3v) is 4.38. The fraction of sp³-hybridized carbons (Fsp3) is 0.278. The lowest BCUT2D eigenvalue weighted by atomic mass is 9.82. The zero-order valence-electron chi connectivity index (χ0n) is 12.0. The van der Waals surface area contributed by atoms with E-state index in [1.165, 1.54) is 11.1 Å². The van der Waals surface area contributed by atoms with Gasteiger partial charge in [-0.05, 0) is 55.0 Å². The summed E-state index contributed by atoms with van der Waals surface area (Å²) in [5, 5.41) is 3.68. The molecule has 1 aliphatic carbocycles. The molecule has 0 bridgehead atoms. The fourth-order valence-corrected chi connectivity index (χ4v) is 3.15. The Hall–Kier alpha value is -1.80. The number of carbonyl (C=O) groups is 1. The molecule has 0 radical (unpaired) electrons. The van der Waals surface area contributed by atoms with Gasteiger partial charge in [0.25, 0.3) is 0 Å². The number of halogens is 1. The van der Waals surface area contributed by atoms with Crippen LogP contribution in [0.2, 0.25) is 5.02 Å². The highest BCUT2D eigenvalue weighted by atomic mass is 35.5.